The van der Waals surface area contributed by atoms with E-state index in [0.717, 1.165) is 29.7 Å². The van der Waals surface area contributed by atoms with Gasteiger partial charge in [0.2, 0.25) is 0 Å². The maximum atomic E-state index is 12.2. The van der Waals surface area contributed by atoms with E-state index in [-0.39, 0.29) is 17.5 Å². The highest BCUT2D eigenvalue weighted by Gasteiger charge is 2.11. The fraction of sp³-hybridized carbons (Fsp3) is 0.304. The largest absolute Gasteiger partial charge is 0.482 e. The Labute approximate surface area is 192 Å². The Hall–Kier alpha value is -3.39. The number of nitrogens with zero attached hydrogens (tertiary/aromatic N) is 1. The molecule has 3 amide bonds. The molecule has 0 aliphatic carbocycles. The number of hydrazone groups is 1. The van der Waals surface area contributed by atoms with Gasteiger partial charge in [-0.3, -0.25) is 14.4 Å². The standard InChI is InChI=1S/C23H27ClN4O4/c1-4-5-10-25-22(30)23(31)28-26-13-17-7-9-20(18(24)12-17)32-14-21(29)27-19-8-6-15(2)11-16(19)3/h6-9,11-13H,4-5,10,14H2,1-3H3,(H,25,30)(H,27,29)(H,28,31)/b26-13-. The predicted octanol–water partition coefficient (Wildman–Crippen LogP) is 3.34. The monoisotopic (exact) mass is 458 g/mol. The van der Waals surface area contributed by atoms with Crippen molar-refractivity contribution in [2.45, 2.75) is 33.6 Å². The molecule has 2 aromatic carbocycles. The van der Waals surface area contributed by atoms with Gasteiger partial charge in [0.15, 0.2) is 6.61 Å². The van der Waals surface area contributed by atoms with E-state index in [4.69, 9.17) is 16.3 Å². The first-order valence-electron chi connectivity index (χ1n) is 10.2. The fourth-order valence-electron chi connectivity index (χ4n) is 2.67. The van der Waals surface area contributed by atoms with Gasteiger partial charge in [-0.25, -0.2) is 5.43 Å². The van der Waals surface area contributed by atoms with Crippen molar-refractivity contribution in [2.75, 3.05) is 18.5 Å². The van der Waals surface area contributed by atoms with Gasteiger partial charge in [0, 0.05) is 12.2 Å². The maximum Gasteiger partial charge on any atom is 0.329 e. The topological polar surface area (TPSA) is 109 Å². The third-order valence-corrected chi connectivity index (χ3v) is 4.67. The van der Waals surface area contributed by atoms with Gasteiger partial charge >= 0.3 is 11.8 Å². The molecule has 170 valence electrons. The van der Waals surface area contributed by atoms with Crippen LogP contribution in [0.3, 0.4) is 0 Å². The quantitative estimate of drug-likeness (QED) is 0.232. The summed E-state index contributed by atoms with van der Waals surface area (Å²) in [5.74, 6) is -1.56. The lowest BCUT2D eigenvalue weighted by Crippen LogP contribution is -2.38. The van der Waals surface area contributed by atoms with Crippen LogP contribution in [0.5, 0.6) is 5.75 Å². The second-order valence-corrected chi connectivity index (χ2v) is 7.56. The summed E-state index contributed by atoms with van der Waals surface area (Å²) in [6.07, 6.45) is 3.06. The zero-order valence-electron chi connectivity index (χ0n) is 18.3. The average molecular weight is 459 g/mol. The molecule has 0 saturated heterocycles. The van der Waals surface area contributed by atoms with E-state index in [9.17, 15) is 14.4 Å². The molecule has 0 aliphatic heterocycles. The Morgan fingerprint density at radius 2 is 1.88 bits per heavy atom. The molecule has 32 heavy (non-hydrogen) atoms. The highest BCUT2D eigenvalue weighted by molar-refractivity contribution is 6.35. The number of nitrogens with one attached hydrogen (secondary N) is 3. The van der Waals surface area contributed by atoms with Crippen LogP contribution in [0.1, 0.15) is 36.5 Å². The predicted molar refractivity (Wildman–Crippen MR) is 125 cm³/mol. The molecule has 0 spiro atoms. The number of aryl methyl sites for hydroxylation is 2. The molecule has 0 bridgehead atoms. The maximum absolute atomic E-state index is 12.2. The number of carbonyl (C=O) groups is 3. The van der Waals surface area contributed by atoms with E-state index in [0.29, 0.717) is 17.9 Å². The van der Waals surface area contributed by atoms with E-state index < -0.39 is 11.8 Å². The summed E-state index contributed by atoms with van der Waals surface area (Å²) >= 11 is 6.21. The van der Waals surface area contributed by atoms with Crippen molar-refractivity contribution in [1.29, 1.82) is 0 Å². The Balaban J connectivity index is 1.84. The summed E-state index contributed by atoms with van der Waals surface area (Å²) in [4.78, 5) is 35.4. The number of hydrogen-bond donors (Lipinski definition) is 3. The van der Waals surface area contributed by atoms with Crippen LogP contribution >= 0.6 is 11.6 Å². The highest BCUT2D eigenvalue weighted by atomic mass is 35.5. The van der Waals surface area contributed by atoms with Crippen molar-refractivity contribution >= 4 is 41.2 Å². The molecule has 0 aliphatic rings. The lowest BCUT2D eigenvalue weighted by molar-refractivity contribution is -0.139. The number of unbranched alkanes of at least 4 members (excludes halogenated alkanes) is 1. The van der Waals surface area contributed by atoms with Crippen LogP contribution in [-0.2, 0) is 14.4 Å². The summed E-state index contributed by atoms with van der Waals surface area (Å²) in [6.45, 7) is 6.12. The number of carbonyl (C=O) groups excluding carboxylic acids is 3. The number of benzene rings is 2. The van der Waals surface area contributed by atoms with Crippen molar-refractivity contribution in [3.05, 3.63) is 58.1 Å². The number of halogens is 1. The van der Waals surface area contributed by atoms with E-state index >= 15 is 0 Å². The SMILES string of the molecule is CCCCNC(=O)C(=O)N/N=C\c1ccc(OCC(=O)Nc2ccc(C)cc2C)c(Cl)c1. The first kappa shape index (κ1) is 24.9. The number of ether oxygens (including phenoxy) is 1. The normalized spacial score (nSPS) is 10.6. The van der Waals surface area contributed by atoms with Gasteiger partial charge < -0.3 is 15.4 Å². The van der Waals surface area contributed by atoms with Gasteiger partial charge in [-0.15, -0.1) is 0 Å². The molecular weight excluding hydrogens is 432 g/mol. The van der Waals surface area contributed by atoms with Gasteiger partial charge in [-0.2, -0.15) is 5.10 Å². The Morgan fingerprint density at radius 1 is 1.09 bits per heavy atom. The van der Waals surface area contributed by atoms with Crippen molar-refractivity contribution in [3.63, 3.8) is 0 Å². The minimum absolute atomic E-state index is 0.205. The molecule has 0 unspecified atom stereocenters. The van der Waals surface area contributed by atoms with Crippen molar-refractivity contribution in [2.24, 2.45) is 5.10 Å². The van der Waals surface area contributed by atoms with E-state index in [2.05, 4.69) is 21.2 Å². The van der Waals surface area contributed by atoms with Crippen molar-refractivity contribution in [3.8, 4) is 5.75 Å². The lowest BCUT2D eigenvalue weighted by Gasteiger charge is -2.11. The minimum atomic E-state index is -0.849. The molecule has 0 saturated carbocycles. The summed E-state index contributed by atoms with van der Waals surface area (Å²) in [5, 5.41) is 9.32. The third kappa shape index (κ3) is 8.03. The zero-order valence-corrected chi connectivity index (χ0v) is 19.1. The van der Waals surface area contributed by atoms with Crippen LogP contribution in [0.2, 0.25) is 5.02 Å². The third-order valence-electron chi connectivity index (χ3n) is 4.37. The van der Waals surface area contributed by atoms with Crippen LogP contribution in [0.15, 0.2) is 41.5 Å². The molecule has 2 rings (SSSR count). The number of anilines is 1. The van der Waals surface area contributed by atoms with Crippen LogP contribution in [0.4, 0.5) is 5.69 Å². The molecule has 0 atom stereocenters. The summed E-state index contributed by atoms with van der Waals surface area (Å²) in [6, 6.07) is 10.6. The second kappa shape index (κ2) is 12.5. The van der Waals surface area contributed by atoms with E-state index in [1.807, 2.05) is 39.0 Å². The molecule has 8 nitrogen and oxygen atoms in total. The number of amides is 3. The van der Waals surface area contributed by atoms with Gasteiger partial charge in [0.1, 0.15) is 5.75 Å². The van der Waals surface area contributed by atoms with E-state index in [1.165, 1.54) is 6.21 Å². The number of hydrogen-bond acceptors (Lipinski definition) is 5. The van der Waals surface area contributed by atoms with Gasteiger partial charge in [0.05, 0.1) is 11.2 Å². The summed E-state index contributed by atoms with van der Waals surface area (Å²) in [5.41, 5.74) is 5.53. The Morgan fingerprint density at radius 3 is 2.56 bits per heavy atom. The Bertz CT molecular complexity index is 1010. The first-order valence-corrected chi connectivity index (χ1v) is 10.6. The molecule has 9 heteroatoms. The fourth-order valence-corrected chi connectivity index (χ4v) is 2.92. The number of rotatable bonds is 9. The lowest BCUT2D eigenvalue weighted by atomic mass is 10.1. The molecule has 0 heterocycles. The van der Waals surface area contributed by atoms with E-state index in [1.54, 1.807) is 18.2 Å². The minimum Gasteiger partial charge on any atom is -0.482 e. The van der Waals surface area contributed by atoms with Gasteiger partial charge in [-0.05, 0) is 55.7 Å². The molecular formula is C23H27ClN4O4. The Kier molecular flexibility index (Phi) is 9.69. The molecule has 0 aromatic heterocycles. The molecule has 3 N–H and O–H groups in total. The summed E-state index contributed by atoms with van der Waals surface area (Å²) in [7, 11) is 0. The van der Waals surface area contributed by atoms with Crippen LogP contribution in [0.25, 0.3) is 0 Å². The smallest absolute Gasteiger partial charge is 0.329 e. The van der Waals surface area contributed by atoms with Crippen LogP contribution < -0.4 is 20.8 Å². The van der Waals surface area contributed by atoms with Crippen molar-refractivity contribution in [1.82, 2.24) is 10.7 Å². The highest BCUT2D eigenvalue weighted by Crippen LogP contribution is 2.25. The van der Waals surface area contributed by atoms with Crippen molar-refractivity contribution < 1.29 is 19.1 Å². The van der Waals surface area contributed by atoms with Crippen LogP contribution in [0, 0.1) is 13.8 Å². The van der Waals surface area contributed by atoms with Crippen LogP contribution in [-0.4, -0.2) is 37.1 Å². The second-order valence-electron chi connectivity index (χ2n) is 7.15. The summed E-state index contributed by atoms with van der Waals surface area (Å²) < 4.78 is 5.50. The first-order chi connectivity index (χ1) is 15.3. The van der Waals surface area contributed by atoms with Gasteiger partial charge in [0.25, 0.3) is 5.91 Å². The average Bonchev–Trinajstić information content (AvgIpc) is 2.75. The molecule has 2 aromatic rings. The molecule has 0 radical (unpaired) electrons. The zero-order chi connectivity index (χ0) is 23.5. The van der Waals surface area contributed by atoms with Gasteiger partial charge in [-0.1, -0.05) is 42.6 Å². The molecule has 0 fully saturated rings.